The van der Waals surface area contributed by atoms with Crippen LogP contribution in [0, 0.1) is 12.8 Å². The van der Waals surface area contributed by atoms with Crippen molar-refractivity contribution < 1.29 is 4.74 Å². The average Bonchev–Trinajstić information content (AvgIpc) is 2.34. The zero-order valence-electron chi connectivity index (χ0n) is 10.6. The van der Waals surface area contributed by atoms with Gasteiger partial charge in [-0.15, -0.1) is 0 Å². The first-order valence-electron chi connectivity index (χ1n) is 6.24. The standard InChI is InChI=1S/C14H20ClNO/c1-10-6-13(15)12(8-14(10)17-2)7-11-4-3-5-16-9-11/h6,8,11,16H,3-5,7,9H2,1-2H3. The number of piperidine rings is 1. The molecule has 1 aromatic carbocycles. The minimum absolute atomic E-state index is 0.702. The lowest BCUT2D eigenvalue weighted by molar-refractivity contribution is 0.374. The summed E-state index contributed by atoms with van der Waals surface area (Å²) in [5.74, 6) is 1.64. The fourth-order valence-corrected chi connectivity index (χ4v) is 2.78. The van der Waals surface area contributed by atoms with Gasteiger partial charge in [-0.05, 0) is 68.5 Å². The summed E-state index contributed by atoms with van der Waals surface area (Å²) in [7, 11) is 1.71. The van der Waals surface area contributed by atoms with E-state index in [1.165, 1.54) is 18.4 Å². The van der Waals surface area contributed by atoms with E-state index in [-0.39, 0.29) is 0 Å². The van der Waals surface area contributed by atoms with Gasteiger partial charge in [0.1, 0.15) is 5.75 Å². The molecule has 0 aromatic heterocycles. The molecule has 0 aliphatic carbocycles. The highest BCUT2D eigenvalue weighted by Crippen LogP contribution is 2.29. The lowest BCUT2D eigenvalue weighted by Gasteiger charge is -2.23. The number of hydrogen-bond donors (Lipinski definition) is 1. The van der Waals surface area contributed by atoms with E-state index in [9.17, 15) is 0 Å². The number of aryl methyl sites for hydroxylation is 1. The summed E-state index contributed by atoms with van der Waals surface area (Å²) >= 11 is 6.30. The van der Waals surface area contributed by atoms with Crippen molar-refractivity contribution in [2.24, 2.45) is 5.92 Å². The van der Waals surface area contributed by atoms with Gasteiger partial charge < -0.3 is 10.1 Å². The van der Waals surface area contributed by atoms with Crippen molar-refractivity contribution in [1.82, 2.24) is 5.32 Å². The van der Waals surface area contributed by atoms with Gasteiger partial charge in [0.15, 0.2) is 0 Å². The van der Waals surface area contributed by atoms with Gasteiger partial charge in [-0.25, -0.2) is 0 Å². The second-order valence-electron chi connectivity index (χ2n) is 4.83. The number of nitrogens with one attached hydrogen (secondary N) is 1. The van der Waals surface area contributed by atoms with Crippen molar-refractivity contribution in [2.75, 3.05) is 20.2 Å². The molecule has 1 aliphatic rings. The van der Waals surface area contributed by atoms with E-state index in [1.54, 1.807) is 7.11 Å². The van der Waals surface area contributed by atoms with Gasteiger partial charge in [0.25, 0.3) is 0 Å². The molecule has 17 heavy (non-hydrogen) atoms. The monoisotopic (exact) mass is 253 g/mol. The van der Waals surface area contributed by atoms with Crippen LogP contribution in [0.2, 0.25) is 5.02 Å². The maximum absolute atomic E-state index is 6.30. The lowest BCUT2D eigenvalue weighted by Crippen LogP contribution is -2.30. The van der Waals surface area contributed by atoms with Crippen molar-refractivity contribution in [2.45, 2.75) is 26.2 Å². The minimum Gasteiger partial charge on any atom is -0.496 e. The van der Waals surface area contributed by atoms with E-state index in [4.69, 9.17) is 16.3 Å². The molecule has 1 heterocycles. The molecule has 1 fully saturated rings. The smallest absolute Gasteiger partial charge is 0.122 e. The molecule has 2 rings (SSSR count). The number of rotatable bonds is 3. The maximum atomic E-state index is 6.30. The van der Waals surface area contributed by atoms with Crippen LogP contribution in [0.1, 0.15) is 24.0 Å². The Hall–Kier alpha value is -0.730. The summed E-state index contributed by atoms with van der Waals surface area (Å²) in [4.78, 5) is 0. The zero-order chi connectivity index (χ0) is 12.3. The maximum Gasteiger partial charge on any atom is 0.122 e. The molecule has 1 aromatic rings. The van der Waals surface area contributed by atoms with Crippen molar-refractivity contribution in [3.05, 3.63) is 28.3 Å². The Morgan fingerprint density at radius 2 is 2.29 bits per heavy atom. The van der Waals surface area contributed by atoms with Crippen molar-refractivity contribution in [3.8, 4) is 5.75 Å². The molecule has 0 bridgehead atoms. The quantitative estimate of drug-likeness (QED) is 0.893. The molecule has 1 aliphatic heterocycles. The van der Waals surface area contributed by atoms with Gasteiger partial charge in [0.2, 0.25) is 0 Å². The topological polar surface area (TPSA) is 21.3 Å². The van der Waals surface area contributed by atoms with E-state index >= 15 is 0 Å². The van der Waals surface area contributed by atoms with Gasteiger partial charge in [-0.2, -0.15) is 0 Å². The Balaban J connectivity index is 2.13. The van der Waals surface area contributed by atoms with E-state index in [2.05, 4.69) is 11.4 Å². The highest BCUT2D eigenvalue weighted by Gasteiger charge is 2.16. The molecule has 1 N–H and O–H groups in total. The Morgan fingerprint density at radius 1 is 1.47 bits per heavy atom. The van der Waals surface area contributed by atoms with Crippen molar-refractivity contribution in [3.63, 3.8) is 0 Å². The van der Waals surface area contributed by atoms with Crippen LogP contribution in [0.25, 0.3) is 0 Å². The first-order valence-corrected chi connectivity index (χ1v) is 6.62. The molecule has 1 saturated heterocycles. The van der Waals surface area contributed by atoms with E-state index in [0.29, 0.717) is 5.92 Å². The molecule has 2 nitrogen and oxygen atoms in total. The summed E-state index contributed by atoms with van der Waals surface area (Å²) in [5.41, 5.74) is 2.31. The molecule has 0 amide bonds. The first kappa shape index (κ1) is 12.7. The van der Waals surface area contributed by atoms with Gasteiger partial charge >= 0.3 is 0 Å². The fourth-order valence-electron chi connectivity index (χ4n) is 2.48. The molecule has 1 unspecified atom stereocenters. The van der Waals surface area contributed by atoms with Crippen LogP contribution in [0.3, 0.4) is 0 Å². The third-order valence-electron chi connectivity index (χ3n) is 3.47. The third-order valence-corrected chi connectivity index (χ3v) is 3.82. The summed E-state index contributed by atoms with van der Waals surface area (Å²) in [6.45, 7) is 4.28. The van der Waals surface area contributed by atoms with Crippen molar-refractivity contribution >= 4 is 11.6 Å². The van der Waals surface area contributed by atoms with E-state index < -0.39 is 0 Å². The SMILES string of the molecule is COc1cc(CC2CCCNC2)c(Cl)cc1C. The van der Waals surface area contributed by atoms with Crippen molar-refractivity contribution in [1.29, 1.82) is 0 Å². The second kappa shape index (κ2) is 5.74. The summed E-state index contributed by atoms with van der Waals surface area (Å²) in [5, 5.41) is 4.31. The molecular formula is C14H20ClNO. The Labute approximate surface area is 108 Å². The van der Waals surface area contributed by atoms with Crippen LogP contribution < -0.4 is 10.1 Å². The predicted molar refractivity (Wildman–Crippen MR) is 72.0 cm³/mol. The Morgan fingerprint density at radius 3 is 2.94 bits per heavy atom. The van der Waals surface area contributed by atoms with E-state index in [0.717, 1.165) is 35.8 Å². The van der Waals surface area contributed by atoms with Gasteiger partial charge in [-0.1, -0.05) is 11.6 Å². The minimum atomic E-state index is 0.702. The van der Waals surface area contributed by atoms with Crippen LogP contribution in [0.4, 0.5) is 0 Å². The van der Waals surface area contributed by atoms with Gasteiger partial charge in [-0.3, -0.25) is 0 Å². The second-order valence-corrected chi connectivity index (χ2v) is 5.24. The van der Waals surface area contributed by atoms with Crippen LogP contribution in [0.5, 0.6) is 5.75 Å². The molecule has 1 atom stereocenters. The Bertz CT molecular complexity index is 386. The number of hydrogen-bond acceptors (Lipinski definition) is 2. The number of ether oxygens (including phenoxy) is 1. The largest absolute Gasteiger partial charge is 0.496 e. The summed E-state index contributed by atoms with van der Waals surface area (Å²) in [6, 6.07) is 4.10. The Kier molecular flexibility index (Phi) is 4.30. The number of benzene rings is 1. The van der Waals surface area contributed by atoms with Crippen LogP contribution in [0.15, 0.2) is 12.1 Å². The highest BCUT2D eigenvalue weighted by molar-refractivity contribution is 6.31. The van der Waals surface area contributed by atoms with Crippen LogP contribution >= 0.6 is 11.6 Å². The molecule has 0 saturated carbocycles. The first-order chi connectivity index (χ1) is 8.20. The zero-order valence-corrected chi connectivity index (χ0v) is 11.3. The predicted octanol–water partition coefficient (Wildman–Crippen LogP) is 3.20. The summed E-state index contributed by atoms with van der Waals surface area (Å²) in [6.07, 6.45) is 3.60. The van der Waals surface area contributed by atoms with E-state index in [1.807, 2.05) is 13.0 Å². The summed E-state index contributed by atoms with van der Waals surface area (Å²) < 4.78 is 5.36. The third kappa shape index (κ3) is 3.14. The average molecular weight is 254 g/mol. The van der Waals surface area contributed by atoms with Crippen LogP contribution in [-0.4, -0.2) is 20.2 Å². The normalized spacial score (nSPS) is 20.3. The number of halogens is 1. The molecule has 0 radical (unpaired) electrons. The molecule has 3 heteroatoms. The number of methoxy groups -OCH3 is 1. The van der Waals surface area contributed by atoms with Gasteiger partial charge in [0, 0.05) is 5.02 Å². The molecule has 94 valence electrons. The molecule has 0 spiro atoms. The fraction of sp³-hybridized carbons (Fsp3) is 0.571. The highest BCUT2D eigenvalue weighted by atomic mass is 35.5. The van der Waals surface area contributed by atoms with Gasteiger partial charge in [0.05, 0.1) is 7.11 Å². The van der Waals surface area contributed by atoms with Crippen LogP contribution in [-0.2, 0) is 6.42 Å². The lowest BCUT2D eigenvalue weighted by atomic mass is 9.92. The molecular weight excluding hydrogens is 234 g/mol.